The minimum atomic E-state index is 0. The molecule has 0 unspecified atom stereocenters. The zero-order valence-electron chi connectivity index (χ0n) is 19.2. The summed E-state index contributed by atoms with van der Waals surface area (Å²) in [6.07, 6.45) is 0.979. The standard InChI is InChI=1S/C25H33N5O.HI/c1-20-16-21(2)30(29-20)15-9-14-27-25(26-3)28-17-23-12-7-8-13-24(23)19-31-18-22-10-5-4-6-11-22;/h4-8,10-13,16H,9,14-15,17-19H2,1-3H3,(H2,26,27,28);1H. The van der Waals surface area contributed by atoms with Crippen LogP contribution >= 0.6 is 24.0 Å². The van der Waals surface area contributed by atoms with Crippen LogP contribution in [0.4, 0.5) is 0 Å². The highest BCUT2D eigenvalue weighted by Gasteiger charge is 2.05. The molecule has 3 rings (SSSR count). The van der Waals surface area contributed by atoms with Crippen LogP contribution in [0.3, 0.4) is 0 Å². The van der Waals surface area contributed by atoms with E-state index < -0.39 is 0 Å². The van der Waals surface area contributed by atoms with E-state index in [4.69, 9.17) is 4.74 Å². The van der Waals surface area contributed by atoms with Crippen LogP contribution in [0, 0.1) is 13.8 Å². The Balaban J connectivity index is 0.00000363. The number of ether oxygens (including phenoxy) is 1. The van der Waals surface area contributed by atoms with Crippen molar-refractivity contribution in [2.75, 3.05) is 13.6 Å². The first-order chi connectivity index (χ1) is 15.2. The summed E-state index contributed by atoms with van der Waals surface area (Å²) in [7, 11) is 1.80. The van der Waals surface area contributed by atoms with E-state index in [1.54, 1.807) is 7.05 Å². The second kappa shape index (κ2) is 13.9. The average molecular weight is 547 g/mol. The quantitative estimate of drug-likeness (QED) is 0.169. The number of nitrogens with one attached hydrogen (secondary N) is 2. The Morgan fingerprint density at radius 3 is 2.38 bits per heavy atom. The highest BCUT2D eigenvalue weighted by molar-refractivity contribution is 14.0. The van der Waals surface area contributed by atoms with Crippen molar-refractivity contribution in [3.63, 3.8) is 0 Å². The van der Waals surface area contributed by atoms with Crippen LogP contribution in [0.5, 0.6) is 0 Å². The molecule has 2 aromatic carbocycles. The first-order valence-electron chi connectivity index (χ1n) is 10.8. The summed E-state index contributed by atoms with van der Waals surface area (Å²) < 4.78 is 7.98. The van der Waals surface area contributed by atoms with Crippen molar-refractivity contribution in [3.05, 3.63) is 88.7 Å². The van der Waals surface area contributed by atoms with E-state index in [1.807, 2.05) is 25.1 Å². The van der Waals surface area contributed by atoms with Crippen molar-refractivity contribution < 1.29 is 4.74 Å². The maximum absolute atomic E-state index is 5.93. The van der Waals surface area contributed by atoms with Crippen molar-refractivity contribution in [3.8, 4) is 0 Å². The molecule has 0 spiro atoms. The van der Waals surface area contributed by atoms with E-state index in [1.165, 1.54) is 22.4 Å². The number of hydrogen-bond donors (Lipinski definition) is 2. The molecule has 0 bridgehead atoms. The zero-order chi connectivity index (χ0) is 21.9. The van der Waals surface area contributed by atoms with Gasteiger partial charge >= 0.3 is 0 Å². The molecule has 7 heteroatoms. The number of rotatable bonds is 10. The largest absolute Gasteiger partial charge is 0.372 e. The molecular formula is C25H34IN5O. The fourth-order valence-corrected chi connectivity index (χ4v) is 3.46. The Morgan fingerprint density at radius 2 is 1.69 bits per heavy atom. The number of nitrogens with zero attached hydrogens (tertiary/aromatic N) is 3. The lowest BCUT2D eigenvalue weighted by molar-refractivity contribution is 0.106. The molecule has 0 saturated carbocycles. The van der Waals surface area contributed by atoms with E-state index in [0.717, 1.165) is 31.2 Å². The minimum Gasteiger partial charge on any atom is -0.372 e. The Bertz CT molecular complexity index is 971. The van der Waals surface area contributed by atoms with Crippen LogP contribution in [0.15, 0.2) is 65.7 Å². The summed E-state index contributed by atoms with van der Waals surface area (Å²) in [6, 6.07) is 20.7. The Hall–Kier alpha value is -2.39. The second-order valence-corrected chi connectivity index (χ2v) is 7.60. The van der Waals surface area contributed by atoms with Gasteiger partial charge in [-0.05, 0) is 43.0 Å². The summed E-state index contributed by atoms with van der Waals surface area (Å²) in [5, 5.41) is 11.3. The first-order valence-corrected chi connectivity index (χ1v) is 10.8. The van der Waals surface area contributed by atoms with Crippen molar-refractivity contribution in [2.24, 2.45) is 4.99 Å². The number of hydrogen-bond acceptors (Lipinski definition) is 3. The van der Waals surface area contributed by atoms with Gasteiger partial charge in [-0.15, -0.1) is 24.0 Å². The molecular weight excluding hydrogens is 513 g/mol. The molecule has 0 amide bonds. The van der Waals surface area contributed by atoms with Crippen LogP contribution in [-0.2, 0) is 31.0 Å². The van der Waals surface area contributed by atoms with E-state index in [0.29, 0.717) is 19.8 Å². The molecule has 0 aliphatic rings. The molecule has 0 radical (unpaired) electrons. The van der Waals surface area contributed by atoms with E-state index in [9.17, 15) is 0 Å². The Kier molecular flexibility index (Phi) is 11.2. The third-order valence-corrected chi connectivity index (χ3v) is 5.10. The van der Waals surface area contributed by atoms with E-state index in [2.05, 4.69) is 74.8 Å². The molecule has 0 aliphatic carbocycles. The predicted molar refractivity (Wildman–Crippen MR) is 141 cm³/mol. The third-order valence-electron chi connectivity index (χ3n) is 5.10. The molecule has 1 heterocycles. The Morgan fingerprint density at radius 1 is 0.969 bits per heavy atom. The number of aromatic nitrogens is 2. The van der Waals surface area contributed by atoms with Crippen molar-refractivity contribution in [2.45, 2.75) is 46.6 Å². The van der Waals surface area contributed by atoms with Gasteiger partial charge in [0.1, 0.15) is 0 Å². The zero-order valence-corrected chi connectivity index (χ0v) is 21.5. The second-order valence-electron chi connectivity index (χ2n) is 7.60. The van der Waals surface area contributed by atoms with E-state index >= 15 is 0 Å². The molecule has 32 heavy (non-hydrogen) atoms. The normalized spacial score (nSPS) is 11.2. The number of aryl methyl sites for hydroxylation is 3. The fraction of sp³-hybridized carbons (Fsp3) is 0.360. The molecule has 1 aromatic heterocycles. The maximum atomic E-state index is 5.93. The SMILES string of the molecule is CN=C(NCCCn1nc(C)cc1C)NCc1ccccc1COCc1ccccc1.I. The molecule has 0 fully saturated rings. The van der Waals surface area contributed by atoms with Gasteiger partial charge in [-0.25, -0.2) is 0 Å². The molecule has 0 atom stereocenters. The van der Waals surface area contributed by atoms with Gasteiger partial charge in [0.25, 0.3) is 0 Å². The van der Waals surface area contributed by atoms with E-state index in [-0.39, 0.29) is 24.0 Å². The van der Waals surface area contributed by atoms with Crippen molar-refractivity contribution in [1.82, 2.24) is 20.4 Å². The topological polar surface area (TPSA) is 63.5 Å². The highest BCUT2D eigenvalue weighted by atomic mass is 127. The van der Waals surface area contributed by atoms with Gasteiger partial charge in [-0.3, -0.25) is 9.67 Å². The van der Waals surface area contributed by atoms with Gasteiger partial charge < -0.3 is 15.4 Å². The summed E-state index contributed by atoms with van der Waals surface area (Å²) >= 11 is 0. The lowest BCUT2D eigenvalue weighted by Gasteiger charge is -2.15. The molecule has 3 aromatic rings. The molecule has 2 N–H and O–H groups in total. The summed E-state index contributed by atoms with van der Waals surface area (Å²) in [6.45, 7) is 7.74. The van der Waals surface area contributed by atoms with Gasteiger partial charge in [0.15, 0.2) is 5.96 Å². The molecule has 172 valence electrons. The van der Waals surface area contributed by atoms with Crippen molar-refractivity contribution >= 4 is 29.9 Å². The van der Waals surface area contributed by atoms with Crippen LogP contribution in [-0.4, -0.2) is 29.3 Å². The molecule has 0 aliphatic heterocycles. The molecule has 0 saturated heterocycles. The number of benzene rings is 2. The van der Waals surface area contributed by atoms with Gasteiger partial charge in [0.05, 0.1) is 18.9 Å². The summed E-state index contributed by atoms with van der Waals surface area (Å²) in [4.78, 5) is 4.34. The third kappa shape index (κ3) is 8.27. The van der Waals surface area contributed by atoms with Gasteiger partial charge in [-0.2, -0.15) is 5.10 Å². The first kappa shape index (κ1) is 25.9. The fourth-order valence-electron chi connectivity index (χ4n) is 3.46. The lowest BCUT2D eigenvalue weighted by Crippen LogP contribution is -2.37. The summed E-state index contributed by atoms with van der Waals surface area (Å²) in [5.74, 6) is 0.799. The highest BCUT2D eigenvalue weighted by Crippen LogP contribution is 2.12. The molecule has 6 nitrogen and oxygen atoms in total. The maximum Gasteiger partial charge on any atom is 0.191 e. The van der Waals surface area contributed by atoms with Gasteiger partial charge in [0.2, 0.25) is 0 Å². The van der Waals surface area contributed by atoms with Crippen LogP contribution in [0.2, 0.25) is 0 Å². The van der Waals surface area contributed by atoms with Crippen LogP contribution in [0.25, 0.3) is 0 Å². The lowest BCUT2D eigenvalue weighted by atomic mass is 10.1. The average Bonchev–Trinajstić information content (AvgIpc) is 3.11. The smallest absolute Gasteiger partial charge is 0.191 e. The van der Waals surface area contributed by atoms with Gasteiger partial charge in [-0.1, -0.05) is 54.6 Å². The van der Waals surface area contributed by atoms with Crippen LogP contribution in [0.1, 0.15) is 34.5 Å². The summed E-state index contributed by atoms with van der Waals surface area (Å²) in [5.41, 5.74) is 5.84. The van der Waals surface area contributed by atoms with Crippen LogP contribution < -0.4 is 10.6 Å². The Labute approximate surface area is 208 Å². The predicted octanol–water partition coefficient (Wildman–Crippen LogP) is 4.59. The van der Waals surface area contributed by atoms with Gasteiger partial charge in [0, 0.05) is 32.4 Å². The number of halogens is 1. The number of guanidine groups is 1. The number of aliphatic imine (C=N–C) groups is 1. The van der Waals surface area contributed by atoms with Crippen molar-refractivity contribution in [1.29, 1.82) is 0 Å². The minimum absolute atomic E-state index is 0. The monoisotopic (exact) mass is 547 g/mol.